The Hall–Kier alpha value is -1.59. The highest BCUT2D eigenvalue weighted by molar-refractivity contribution is 5.36. The number of anilines is 2. The van der Waals surface area contributed by atoms with Crippen LogP contribution in [0.5, 0.6) is 6.01 Å². The van der Waals surface area contributed by atoms with Gasteiger partial charge < -0.3 is 15.4 Å². The molecule has 1 saturated carbocycles. The van der Waals surface area contributed by atoms with Crippen LogP contribution in [0, 0.1) is 5.92 Å². The molecule has 0 aliphatic heterocycles. The molecule has 1 aromatic heterocycles. The summed E-state index contributed by atoms with van der Waals surface area (Å²) in [6.45, 7) is 4.74. The molecule has 2 atom stereocenters. The number of hydrogen-bond donors (Lipinski definition) is 2. The number of hydrogen-bond acceptors (Lipinski definition) is 6. The number of nitrogens with zero attached hydrogens (tertiary/aromatic N) is 3. The van der Waals surface area contributed by atoms with E-state index >= 15 is 0 Å². The summed E-state index contributed by atoms with van der Waals surface area (Å²) in [4.78, 5) is 12.8. The summed E-state index contributed by atoms with van der Waals surface area (Å²) in [6, 6.07) is 0.808. The van der Waals surface area contributed by atoms with Gasteiger partial charge in [-0.05, 0) is 25.7 Å². The molecule has 0 amide bonds. The van der Waals surface area contributed by atoms with E-state index in [2.05, 4.69) is 32.5 Å². The molecule has 1 aliphatic rings. The fraction of sp³-hybridized carbons (Fsp3) is 0.769. The van der Waals surface area contributed by atoms with Gasteiger partial charge in [-0.2, -0.15) is 15.0 Å². The molecular weight excluding hydrogens is 242 g/mol. The van der Waals surface area contributed by atoms with Crippen molar-refractivity contribution >= 4 is 11.9 Å². The summed E-state index contributed by atoms with van der Waals surface area (Å²) in [6.07, 6.45) is 5.03. The molecule has 1 aromatic rings. The minimum absolute atomic E-state index is 0.368. The maximum absolute atomic E-state index is 5.36. The molecular formula is C13H23N5O. The first kappa shape index (κ1) is 13.8. The Balaban J connectivity index is 2.11. The summed E-state index contributed by atoms with van der Waals surface area (Å²) in [7, 11) is 1.79. The van der Waals surface area contributed by atoms with Crippen LogP contribution in [0.3, 0.4) is 0 Å². The molecule has 19 heavy (non-hydrogen) atoms. The van der Waals surface area contributed by atoms with Crippen LogP contribution in [-0.4, -0.2) is 34.6 Å². The van der Waals surface area contributed by atoms with Crippen molar-refractivity contribution in [2.24, 2.45) is 5.92 Å². The van der Waals surface area contributed by atoms with Gasteiger partial charge in [0.2, 0.25) is 11.9 Å². The number of ether oxygens (including phenoxy) is 1. The van der Waals surface area contributed by atoms with E-state index in [0.29, 0.717) is 36.5 Å². The molecule has 1 fully saturated rings. The summed E-state index contributed by atoms with van der Waals surface area (Å²) >= 11 is 0. The van der Waals surface area contributed by atoms with Gasteiger partial charge in [0.15, 0.2) is 0 Å². The predicted octanol–water partition coefficient (Wildman–Crippen LogP) is 2.30. The summed E-state index contributed by atoms with van der Waals surface area (Å²) in [5, 5.41) is 6.35. The van der Waals surface area contributed by atoms with Crippen molar-refractivity contribution in [1.29, 1.82) is 0 Å². The van der Waals surface area contributed by atoms with Crippen molar-refractivity contribution in [2.45, 2.75) is 45.6 Å². The zero-order valence-electron chi connectivity index (χ0n) is 11.9. The van der Waals surface area contributed by atoms with Crippen molar-refractivity contribution in [3.63, 3.8) is 0 Å². The van der Waals surface area contributed by atoms with Gasteiger partial charge in [-0.25, -0.2) is 0 Å². The Labute approximate surface area is 114 Å². The standard InChI is InChI=1S/C13H23N5O/c1-4-19-13-17-11(14-3)16-12(18-13)15-10-8-6-5-7-9(10)2/h9-10H,4-8H2,1-3H3,(H2,14,15,16,17,18). The Morgan fingerprint density at radius 3 is 2.58 bits per heavy atom. The van der Waals surface area contributed by atoms with E-state index in [1.54, 1.807) is 7.05 Å². The highest BCUT2D eigenvalue weighted by Gasteiger charge is 2.22. The second-order valence-electron chi connectivity index (χ2n) is 4.96. The lowest BCUT2D eigenvalue weighted by Crippen LogP contribution is -2.31. The van der Waals surface area contributed by atoms with E-state index in [1.165, 1.54) is 25.7 Å². The van der Waals surface area contributed by atoms with Gasteiger partial charge in [0, 0.05) is 13.1 Å². The van der Waals surface area contributed by atoms with Gasteiger partial charge in [-0.3, -0.25) is 0 Å². The first-order valence-electron chi connectivity index (χ1n) is 7.06. The van der Waals surface area contributed by atoms with Crippen molar-refractivity contribution in [3.8, 4) is 6.01 Å². The largest absolute Gasteiger partial charge is 0.464 e. The number of rotatable bonds is 5. The topological polar surface area (TPSA) is 72.0 Å². The minimum atomic E-state index is 0.368. The Bertz CT molecular complexity index is 412. The Morgan fingerprint density at radius 1 is 1.16 bits per heavy atom. The summed E-state index contributed by atoms with van der Waals surface area (Å²) in [5.74, 6) is 1.78. The van der Waals surface area contributed by atoms with E-state index < -0.39 is 0 Å². The normalized spacial score (nSPS) is 22.9. The lowest BCUT2D eigenvalue weighted by molar-refractivity contribution is 0.311. The maximum atomic E-state index is 5.36. The van der Waals surface area contributed by atoms with Crippen molar-refractivity contribution in [2.75, 3.05) is 24.3 Å². The third-order valence-corrected chi connectivity index (χ3v) is 3.54. The first-order chi connectivity index (χ1) is 9.22. The van der Waals surface area contributed by atoms with E-state index in [-0.39, 0.29) is 0 Å². The second kappa shape index (κ2) is 6.54. The Kier molecular flexibility index (Phi) is 4.76. The molecule has 0 aromatic carbocycles. The molecule has 0 saturated heterocycles. The molecule has 2 N–H and O–H groups in total. The minimum Gasteiger partial charge on any atom is -0.464 e. The van der Waals surface area contributed by atoms with Gasteiger partial charge in [0.25, 0.3) is 0 Å². The summed E-state index contributed by atoms with van der Waals surface area (Å²) in [5.41, 5.74) is 0. The van der Waals surface area contributed by atoms with Crippen LogP contribution in [0.25, 0.3) is 0 Å². The van der Waals surface area contributed by atoms with Gasteiger partial charge in [0.05, 0.1) is 6.61 Å². The van der Waals surface area contributed by atoms with Gasteiger partial charge in [-0.15, -0.1) is 0 Å². The molecule has 0 spiro atoms. The average Bonchev–Trinajstić information content (AvgIpc) is 2.41. The van der Waals surface area contributed by atoms with E-state index in [1.807, 2.05) is 6.92 Å². The maximum Gasteiger partial charge on any atom is 0.323 e. The number of aromatic nitrogens is 3. The molecule has 6 nitrogen and oxygen atoms in total. The molecule has 2 unspecified atom stereocenters. The Morgan fingerprint density at radius 2 is 1.89 bits per heavy atom. The lowest BCUT2D eigenvalue weighted by atomic mass is 9.86. The molecule has 6 heteroatoms. The van der Waals surface area contributed by atoms with Gasteiger partial charge in [-0.1, -0.05) is 19.8 Å². The zero-order chi connectivity index (χ0) is 13.7. The van der Waals surface area contributed by atoms with Gasteiger partial charge >= 0.3 is 6.01 Å². The highest BCUT2D eigenvalue weighted by Crippen LogP contribution is 2.26. The second-order valence-corrected chi connectivity index (χ2v) is 4.96. The highest BCUT2D eigenvalue weighted by atomic mass is 16.5. The van der Waals surface area contributed by atoms with E-state index in [0.717, 1.165) is 0 Å². The number of nitrogens with one attached hydrogen (secondary N) is 2. The van der Waals surface area contributed by atoms with Crippen LogP contribution in [0.15, 0.2) is 0 Å². The van der Waals surface area contributed by atoms with Crippen molar-refractivity contribution in [3.05, 3.63) is 0 Å². The SMILES string of the molecule is CCOc1nc(NC)nc(NC2CCCCC2C)n1. The van der Waals surface area contributed by atoms with Crippen LogP contribution in [0.4, 0.5) is 11.9 Å². The van der Waals surface area contributed by atoms with Gasteiger partial charge in [0.1, 0.15) is 0 Å². The molecule has 0 bridgehead atoms. The predicted molar refractivity (Wildman–Crippen MR) is 75.6 cm³/mol. The lowest BCUT2D eigenvalue weighted by Gasteiger charge is -2.29. The van der Waals surface area contributed by atoms with Crippen molar-refractivity contribution in [1.82, 2.24) is 15.0 Å². The van der Waals surface area contributed by atoms with E-state index in [9.17, 15) is 0 Å². The molecule has 0 radical (unpaired) electrons. The molecule has 106 valence electrons. The fourth-order valence-electron chi connectivity index (χ4n) is 2.42. The quantitative estimate of drug-likeness (QED) is 0.851. The molecule has 1 aliphatic carbocycles. The summed E-state index contributed by atoms with van der Waals surface area (Å²) < 4.78 is 5.36. The average molecular weight is 265 g/mol. The first-order valence-corrected chi connectivity index (χ1v) is 7.06. The van der Waals surface area contributed by atoms with Crippen LogP contribution < -0.4 is 15.4 Å². The molecule has 2 rings (SSSR count). The van der Waals surface area contributed by atoms with E-state index in [4.69, 9.17) is 4.74 Å². The third kappa shape index (κ3) is 3.68. The smallest absolute Gasteiger partial charge is 0.323 e. The zero-order valence-corrected chi connectivity index (χ0v) is 11.9. The van der Waals surface area contributed by atoms with Crippen LogP contribution in [0.1, 0.15) is 39.5 Å². The van der Waals surface area contributed by atoms with Crippen LogP contribution >= 0.6 is 0 Å². The third-order valence-electron chi connectivity index (χ3n) is 3.54. The van der Waals surface area contributed by atoms with Crippen molar-refractivity contribution < 1.29 is 4.74 Å². The fourth-order valence-corrected chi connectivity index (χ4v) is 2.42. The van der Waals surface area contributed by atoms with Crippen LogP contribution in [0.2, 0.25) is 0 Å². The monoisotopic (exact) mass is 265 g/mol. The van der Waals surface area contributed by atoms with Crippen LogP contribution in [-0.2, 0) is 0 Å². The molecule has 1 heterocycles.